The fraction of sp³-hybridized carbons (Fsp3) is 0.786. The van der Waals surface area contributed by atoms with E-state index in [0.29, 0.717) is 13.1 Å². The molecule has 1 fully saturated rings. The molecule has 1 aromatic rings. The van der Waals surface area contributed by atoms with Gasteiger partial charge in [0.2, 0.25) is 10.0 Å². The minimum atomic E-state index is -3.19. The Morgan fingerprint density at radius 1 is 1.43 bits per heavy atom. The molecule has 6 nitrogen and oxygen atoms in total. The van der Waals surface area contributed by atoms with Crippen molar-refractivity contribution in [2.75, 3.05) is 27.2 Å². The van der Waals surface area contributed by atoms with Crippen LogP contribution in [0.5, 0.6) is 0 Å². The molecule has 0 saturated carbocycles. The van der Waals surface area contributed by atoms with Crippen molar-refractivity contribution in [2.24, 2.45) is 0 Å². The van der Waals surface area contributed by atoms with Gasteiger partial charge in [0.05, 0.1) is 17.5 Å². The number of likely N-dealkylation sites (tertiary alicyclic amines) is 1. The average molecular weight is 315 g/mol. The lowest BCUT2D eigenvalue weighted by Crippen LogP contribution is -2.45. The van der Waals surface area contributed by atoms with Crippen LogP contribution in [0.25, 0.3) is 0 Å². The maximum absolute atomic E-state index is 12.3. The van der Waals surface area contributed by atoms with Crippen molar-refractivity contribution in [1.82, 2.24) is 14.2 Å². The molecule has 7 heteroatoms. The number of rotatable bonds is 5. The zero-order chi connectivity index (χ0) is 15.6. The highest BCUT2D eigenvalue weighted by atomic mass is 32.2. The second kappa shape index (κ2) is 6.46. The van der Waals surface area contributed by atoms with Gasteiger partial charge in [-0.2, -0.15) is 0 Å². The van der Waals surface area contributed by atoms with Gasteiger partial charge in [0.15, 0.2) is 5.89 Å². The molecule has 0 amide bonds. The molecule has 1 aliphatic heterocycles. The molecule has 0 N–H and O–H groups in total. The van der Waals surface area contributed by atoms with Crippen LogP contribution in [0.2, 0.25) is 0 Å². The summed E-state index contributed by atoms with van der Waals surface area (Å²) in [6.45, 7) is 6.05. The number of nitrogens with zero attached hydrogens (tertiary/aromatic N) is 3. The van der Waals surface area contributed by atoms with Crippen LogP contribution in [0.4, 0.5) is 0 Å². The largest absolute Gasteiger partial charge is 0.444 e. The molecule has 2 rings (SSSR count). The van der Waals surface area contributed by atoms with Crippen molar-refractivity contribution in [3.63, 3.8) is 0 Å². The predicted molar refractivity (Wildman–Crippen MR) is 81.5 cm³/mol. The van der Waals surface area contributed by atoms with Gasteiger partial charge in [-0.15, -0.1) is 0 Å². The first-order valence-electron chi connectivity index (χ1n) is 7.43. The van der Waals surface area contributed by atoms with E-state index in [0.717, 1.165) is 43.2 Å². The summed E-state index contributed by atoms with van der Waals surface area (Å²) in [6, 6.07) is 0. The zero-order valence-corrected chi connectivity index (χ0v) is 14.1. The highest BCUT2D eigenvalue weighted by Gasteiger charge is 2.32. The molecule has 1 saturated heterocycles. The zero-order valence-electron chi connectivity index (χ0n) is 13.3. The number of hydrogen-bond acceptors (Lipinski definition) is 5. The molecule has 0 spiro atoms. The van der Waals surface area contributed by atoms with Gasteiger partial charge in [-0.25, -0.2) is 17.7 Å². The number of oxazole rings is 1. The maximum Gasteiger partial charge on any atom is 0.217 e. The first-order valence-corrected chi connectivity index (χ1v) is 8.93. The van der Waals surface area contributed by atoms with E-state index >= 15 is 0 Å². The van der Waals surface area contributed by atoms with Gasteiger partial charge in [0, 0.05) is 27.1 Å². The van der Waals surface area contributed by atoms with Crippen LogP contribution in [0.3, 0.4) is 0 Å². The van der Waals surface area contributed by atoms with Crippen LogP contribution >= 0.6 is 0 Å². The Bertz CT molecular complexity index is 580. The van der Waals surface area contributed by atoms with Gasteiger partial charge in [0.1, 0.15) is 5.76 Å². The fourth-order valence-corrected chi connectivity index (χ4v) is 4.15. The summed E-state index contributed by atoms with van der Waals surface area (Å²) >= 11 is 0. The van der Waals surface area contributed by atoms with Crippen molar-refractivity contribution in [1.29, 1.82) is 0 Å². The summed E-state index contributed by atoms with van der Waals surface area (Å²) in [5.74, 6) is 1.60. The Kier molecular flexibility index (Phi) is 5.06. The van der Waals surface area contributed by atoms with Crippen molar-refractivity contribution < 1.29 is 12.8 Å². The summed E-state index contributed by atoms with van der Waals surface area (Å²) < 4.78 is 31.6. The van der Waals surface area contributed by atoms with Crippen LogP contribution in [-0.2, 0) is 23.0 Å². The highest BCUT2D eigenvalue weighted by molar-refractivity contribution is 7.89. The molecule has 1 aliphatic rings. The molecule has 120 valence electrons. The third-order valence-corrected chi connectivity index (χ3v) is 6.24. The van der Waals surface area contributed by atoms with Gasteiger partial charge in [0.25, 0.3) is 0 Å². The standard InChI is InChI=1S/C14H25N3O3S/c1-5-14-15-11(2)13(20-14)10-17-8-6-7-12(9-17)21(18,19)16(3)4/h12H,5-10H2,1-4H3/t12-/m0/s1. The smallest absolute Gasteiger partial charge is 0.217 e. The van der Waals surface area contributed by atoms with Crippen molar-refractivity contribution in [3.8, 4) is 0 Å². The van der Waals surface area contributed by atoms with E-state index in [9.17, 15) is 8.42 Å². The van der Waals surface area contributed by atoms with E-state index in [-0.39, 0.29) is 5.25 Å². The van der Waals surface area contributed by atoms with Crippen molar-refractivity contribution in [2.45, 2.75) is 44.9 Å². The molecule has 0 radical (unpaired) electrons. The minimum absolute atomic E-state index is 0.324. The number of piperidine rings is 1. The van der Waals surface area contributed by atoms with Gasteiger partial charge in [-0.05, 0) is 26.3 Å². The lowest BCUT2D eigenvalue weighted by Gasteiger charge is -2.33. The highest BCUT2D eigenvalue weighted by Crippen LogP contribution is 2.22. The molecule has 1 aromatic heterocycles. The molecule has 21 heavy (non-hydrogen) atoms. The lowest BCUT2D eigenvalue weighted by atomic mass is 10.1. The monoisotopic (exact) mass is 315 g/mol. The molecule has 2 heterocycles. The fourth-order valence-electron chi connectivity index (χ4n) is 2.69. The van der Waals surface area contributed by atoms with E-state index in [4.69, 9.17) is 4.42 Å². The predicted octanol–water partition coefficient (Wildman–Crippen LogP) is 1.40. The van der Waals surface area contributed by atoms with Crippen LogP contribution in [0.1, 0.15) is 37.1 Å². The lowest BCUT2D eigenvalue weighted by molar-refractivity contribution is 0.202. The minimum Gasteiger partial charge on any atom is -0.444 e. The molecule has 1 atom stereocenters. The summed E-state index contributed by atoms with van der Waals surface area (Å²) in [5, 5.41) is -0.324. The number of aromatic nitrogens is 1. The second-order valence-electron chi connectivity index (χ2n) is 5.80. The summed E-state index contributed by atoms with van der Waals surface area (Å²) in [6.07, 6.45) is 2.40. The van der Waals surface area contributed by atoms with Gasteiger partial charge in [-0.1, -0.05) is 6.92 Å². The SMILES string of the molecule is CCc1nc(C)c(CN2CCC[C@H](S(=O)(=O)N(C)C)C2)o1. The molecule has 0 aliphatic carbocycles. The van der Waals surface area contributed by atoms with E-state index in [2.05, 4.69) is 9.88 Å². The summed E-state index contributed by atoms with van der Waals surface area (Å²) in [4.78, 5) is 6.53. The second-order valence-corrected chi connectivity index (χ2v) is 8.22. The summed E-state index contributed by atoms with van der Waals surface area (Å²) in [5.41, 5.74) is 0.907. The van der Waals surface area contributed by atoms with Gasteiger partial charge in [-0.3, -0.25) is 4.90 Å². The van der Waals surface area contributed by atoms with Crippen molar-refractivity contribution >= 4 is 10.0 Å². The average Bonchev–Trinajstić information content (AvgIpc) is 2.79. The number of aryl methyl sites for hydroxylation is 2. The van der Waals surface area contributed by atoms with E-state index in [1.54, 1.807) is 14.1 Å². The normalized spacial score (nSPS) is 21.1. The van der Waals surface area contributed by atoms with E-state index in [1.807, 2.05) is 13.8 Å². The van der Waals surface area contributed by atoms with Crippen molar-refractivity contribution in [3.05, 3.63) is 17.3 Å². The van der Waals surface area contributed by atoms with Crippen LogP contribution < -0.4 is 0 Å². The van der Waals surface area contributed by atoms with Gasteiger partial charge < -0.3 is 4.42 Å². The van der Waals surface area contributed by atoms with Gasteiger partial charge >= 0.3 is 0 Å². The molecule has 0 aromatic carbocycles. The Balaban J connectivity index is 2.06. The Hall–Kier alpha value is -0.920. The molecular formula is C14H25N3O3S. The topological polar surface area (TPSA) is 66.7 Å². The first-order chi connectivity index (χ1) is 9.84. The quantitative estimate of drug-likeness (QED) is 0.822. The van der Waals surface area contributed by atoms with E-state index < -0.39 is 10.0 Å². The Labute approximate surface area is 127 Å². The Morgan fingerprint density at radius 3 is 2.71 bits per heavy atom. The molecule has 0 unspecified atom stereocenters. The number of sulfonamides is 1. The third kappa shape index (κ3) is 3.64. The first kappa shape index (κ1) is 16.5. The molecular weight excluding hydrogens is 290 g/mol. The molecule has 0 bridgehead atoms. The third-order valence-electron chi connectivity index (χ3n) is 4.00. The maximum atomic E-state index is 12.3. The van der Waals surface area contributed by atoms with Crippen LogP contribution in [0.15, 0.2) is 4.42 Å². The Morgan fingerprint density at radius 2 is 2.14 bits per heavy atom. The van der Waals surface area contributed by atoms with E-state index in [1.165, 1.54) is 4.31 Å². The summed E-state index contributed by atoms with van der Waals surface area (Å²) in [7, 11) is 0.00991. The van der Waals surface area contributed by atoms with Crippen LogP contribution in [-0.4, -0.2) is 55.0 Å². The number of hydrogen-bond donors (Lipinski definition) is 0. The van der Waals surface area contributed by atoms with Crippen LogP contribution in [0, 0.1) is 6.92 Å².